The van der Waals surface area contributed by atoms with Gasteiger partial charge in [-0.1, -0.05) is 18.7 Å². The molecule has 12 heavy (non-hydrogen) atoms. The highest BCUT2D eigenvalue weighted by molar-refractivity contribution is 14.1. The van der Waals surface area contributed by atoms with Crippen molar-refractivity contribution in [3.63, 3.8) is 0 Å². The fraction of sp³-hybridized carbons (Fsp3) is 0. The minimum Gasteiger partial charge on any atom is -0.491 e. The van der Waals surface area contributed by atoms with E-state index >= 15 is 0 Å². The number of halogens is 1. The normalized spacial score (nSPS) is 10.8. The van der Waals surface area contributed by atoms with Crippen molar-refractivity contribution in [2.45, 2.75) is 0 Å². The van der Waals surface area contributed by atoms with Crippen molar-refractivity contribution >= 4 is 28.7 Å². The Morgan fingerprint density at radius 3 is 2.75 bits per heavy atom. The van der Waals surface area contributed by atoms with Crippen LogP contribution in [0, 0.1) is 3.70 Å². The van der Waals surface area contributed by atoms with Crippen LogP contribution in [0.25, 0.3) is 6.08 Å². The number of allylic oxidation sites excluding steroid dienone is 2. The molecule has 1 aromatic rings. The third kappa shape index (κ3) is 1.60. The van der Waals surface area contributed by atoms with Gasteiger partial charge in [-0.05, 0) is 28.7 Å². The van der Waals surface area contributed by atoms with Gasteiger partial charge in [0.05, 0.1) is 0 Å². The predicted octanol–water partition coefficient (Wildman–Crippen LogP) is 1.11. The Hall–Kier alpha value is -0.980. The van der Waals surface area contributed by atoms with Crippen LogP contribution in [0.4, 0.5) is 0 Å². The van der Waals surface area contributed by atoms with Crippen LogP contribution in [-0.2, 0) is 0 Å². The average Bonchev–Trinajstić information content (AvgIpc) is 2.30. The second-order valence-corrected chi connectivity index (χ2v) is 3.07. The van der Waals surface area contributed by atoms with Gasteiger partial charge in [-0.2, -0.15) is 0 Å². The average molecular weight is 277 g/mol. The topological polar surface area (TPSA) is 64.1 Å². The Labute approximate surface area is 83.5 Å². The second-order valence-electron chi connectivity index (χ2n) is 2.05. The molecule has 0 aromatic carbocycles. The van der Waals surface area contributed by atoms with Gasteiger partial charge in [0.2, 0.25) is 5.88 Å². The van der Waals surface area contributed by atoms with Crippen molar-refractivity contribution in [3.8, 4) is 5.88 Å². The van der Waals surface area contributed by atoms with E-state index in [4.69, 9.17) is 5.84 Å². The SMILES string of the molecule is C=C/C=C\c1nc(I)c(O)n1N. The Kier molecular flexibility index (Phi) is 2.74. The molecule has 0 amide bonds. The Morgan fingerprint density at radius 2 is 2.33 bits per heavy atom. The van der Waals surface area contributed by atoms with Gasteiger partial charge in [0.15, 0.2) is 9.53 Å². The summed E-state index contributed by atoms with van der Waals surface area (Å²) < 4.78 is 1.60. The van der Waals surface area contributed by atoms with Crippen molar-refractivity contribution in [1.29, 1.82) is 0 Å². The lowest BCUT2D eigenvalue weighted by Gasteiger charge is -1.94. The maximum Gasteiger partial charge on any atom is 0.244 e. The lowest BCUT2D eigenvalue weighted by molar-refractivity contribution is 0.434. The molecule has 5 heteroatoms. The first-order valence-corrected chi connectivity index (χ1v) is 4.26. The molecule has 0 atom stereocenters. The van der Waals surface area contributed by atoms with Gasteiger partial charge in [-0.3, -0.25) is 0 Å². The van der Waals surface area contributed by atoms with Crippen molar-refractivity contribution < 1.29 is 5.11 Å². The highest BCUT2D eigenvalue weighted by Gasteiger charge is 2.08. The van der Waals surface area contributed by atoms with E-state index in [1.807, 2.05) is 22.6 Å². The van der Waals surface area contributed by atoms with Crippen LogP contribution in [0.3, 0.4) is 0 Å². The molecule has 1 aromatic heterocycles. The maximum absolute atomic E-state index is 9.23. The standard InChI is InChI=1S/C7H8IN3O/c1-2-3-4-5-10-6(8)7(12)11(5)9/h2-4,12H,1,9H2/b4-3-. The molecule has 0 bridgehead atoms. The zero-order chi connectivity index (χ0) is 9.14. The van der Waals surface area contributed by atoms with Gasteiger partial charge in [0.1, 0.15) is 0 Å². The molecule has 0 saturated carbocycles. The van der Waals surface area contributed by atoms with Crippen LogP contribution in [0.15, 0.2) is 18.7 Å². The molecule has 4 nitrogen and oxygen atoms in total. The number of nitrogens with two attached hydrogens (primary N) is 1. The lowest BCUT2D eigenvalue weighted by Crippen LogP contribution is -2.09. The van der Waals surface area contributed by atoms with Crippen LogP contribution in [0.2, 0.25) is 0 Å². The molecule has 1 rings (SSSR count). The fourth-order valence-corrected chi connectivity index (χ4v) is 1.19. The Bertz CT molecular complexity index is 330. The zero-order valence-electron chi connectivity index (χ0n) is 6.24. The van der Waals surface area contributed by atoms with E-state index in [1.165, 1.54) is 0 Å². The van der Waals surface area contributed by atoms with Crippen molar-refractivity contribution in [2.24, 2.45) is 0 Å². The van der Waals surface area contributed by atoms with Crippen LogP contribution >= 0.6 is 22.6 Å². The van der Waals surface area contributed by atoms with Crippen LogP contribution in [0.1, 0.15) is 5.82 Å². The summed E-state index contributed by atoms with van der Waals surface area (Å²) in [6.45, 7) is 3.51. The van der Waals surface area contributed by atoms with E-state index in [0.717, 1.165) is 4.68 Å². The highest BCUT2D eigenvalue weighted by atomic mass is 127. The summed E-state index contributed by atoms with van der Waals surface area (Å²) in [5, 5.41) is 9.23. The van der Waals surface area contributed by atoms with E-state index < -0.39 is 0 Å². The van der Waals surface area contributed by atoms with Crippen molar-refractivity contribution in [2.75, 3.05) is 5.84 Å². The van der Waals surface area contributed by atoms with Gasteiger partial charge in [-0.15, -0.1) is 0 Å². The van der Waals surface area contributed by atoms with Crippen LogP contribution in [-0.4, -0.2) is 14.8 Å². The van der Waals surface area contributed by atoms with E-state index in [0.29, 0.717) is 9.53 Å². The first kappa shape index (κ1) is 9.11. The highest BCUT2D eigenvalue weighted by Crippen LogP contribution is 2.18. The first-order valence-electron chi connectivity index (χ1n) is 3.18. The molecule has 0 unspecified atom stereocenters. The van der Waals surface area contributed by atoms with Gasteiger partial charge in [0.25, 0.3) is 0 Å². The molecule has 0 radical (unpaired) electrons. The fourth-order valence-electron chi connectivity index (χ4n) is 0.684. The molecule has 3 N–H and O–H groups in total. The van der Waals surface area contributed by atoms with E-state index in [2.05, 4.69) is 11.6 Å². The minimum atomic E-state index is -0.0284. The number of aromatic nitrogens is 2. The van der Waals surface area contributed by atoms with Crippen LogP contribution in [0.5, 0.6) is 5.88 Å². The summed E-state index contributed by atoms with van der Waals surface area (Å²) in [5.74, 6) is 5.93. The lowest BCUT2D eigenvalue weighted by atomic mass is 10.5. The number of nitrogen functional groups attached to an aromatic ring is 1. The summed E-state index contributed by atoms with van der Waals surface area (Å²) in [7, 11) is 0. The van der Waals surface area contributed by atoms with Crippen molar-refractivity contribution in [3.05, 3.63) is 28.3 Å². The minimum absolute atomic E-state index is 0.0284. The smallest absolute Gasteiger partial charge is 0.244 e. The number of rotatable bonds is 2. The third-order valence-corrected chi connectivity index (χ3v) is 1.98. The molecule has 0 saturated heterocycles. The molecule has 0 spiro atoms. The molecular weight excluding hydrogens is 269 g/mol. The molecule has 0 fully saturated rings. The monoisotopic (exact) mass is 277 g/mol. The van der Waals surface area contributed by atoms with Crippen LogP contribution < -0.4 is 5.84 Å². The molecule has 0 aliphatic heterocycles. The largest absolute Gasteiger partial charge is 0.491 e. The van der Waals surface area contributed by atoms with E-state index in [1.54, 1.807) is 18.2 Å². The molecule has 1 heterocycles. The van der Waals surface area contributed by atoms with E-state index in [-0.39, 0.29) is 5.88 Å². The summed E-state index contributed by atoms with van der Waals surface area (Å²) in [4.78, 5) is 3.99. The number of hydrogen-bond acceptors (Lipinski definition) is 3. The van der Waals surface area contributed by atoms with Gasteiger partial charge < -0.3 is 10.9 Å². The van der Waals surface area contributed by atoms with Gasteiger partial charge in [0, 0.05) is 0 Å². The summed E-state index contributed by atoms with van der Waals surface area (Å²) in [5.41, 5.74) is 0. The van der Waals surface area contributed by atoms with E-state index in [9.17, 15) is 5.11 Å². The van der Waals surface area contributed by atoms with Gasteiger partial charge in [-0.25, -0.2) is 9.66 Å². The molecule has 0 aliphatic carbocycles. The number of aromatic hydroxyl groups is 1. The summed E-state index contributed by atoms with van der Waals surface area (Å²) in [6, 6.07) is 0. The molecular formula is C7H8IN3O. The Morgan fingerprint density at radius 1 is 1.67 bits per heavy atom. The second kappa shape index (κ2) is 3.61. The molecule has 0 aliphatic rings. The maximum atomic E-state index is 9.23. The van der Waals surface area contributed by atoms with Crippen molar-refractivity contribution in [1.82, 2.24) is 9.66 Å². The Balaban J connectivity index is 3.09. The third-order valence-electron chi connectivity index (χ3n) is 1.25. The summed E-state index contributed by atoms with van der Waals surface area (Å²) >= 11 is 1.90. The predicted molar refractivity (Wildman–Crippen MR) is 56.0 cm³/mol. The zero-order valence-corrected chi connectivity index (χ0v) is 8.39. The first-order chi connectivity index (χ1) is 5.66. The number of hydrogen-bond donors (Lipinski definition) is 2. The summed E-state index contributed by atoms with van der Waals surface area (Å²) in [6.07, 6.45) is 4.97. The number of nitrogens with zero attached hydrogens (tertiary/aromatic N) is 2. The van der Waals surface area contributed by atoms with Gasteiger partial charge >= 0.3 is 0 Å². The molecule has 64 valence electrons. The quantitative estimate of drug-likeness (QED) is 0.483. The number of imidazole rings is 1.